The van der Waals surface area contributed by atoms with Crippen LogP contribution in [0.2, 0.25) is 0 Å². The molecule has 2 nitrogen and oxygen atoms in total. The Labute approximate surface area is 73.1 Å². The van der Waals surface area contributed by atoms with Crippen LogP contribution in [-0.4, -0.2) is 6.21 Å². The molecule has 0 aromatic heterocycles. The second-order valence-corrected chi connectivity index (χ2v) is 2.78. The highest BCUT2D eigenvalue weighted by Crippen LogP contribution is 2.21. The van der Waals surface area contributed by atoms with E-state index in [2.05, 4.69) is 4.99 Å². The van der Waals surface area contributed by atoms with Crippen molar-refractivity contribution in [3.05, 3.63) is 23.8 Å². The van der Waals surface area contributed by atoms with Gasteiger partial charge in [0.05, 0.1) is 11.4 Å². The van der Waals surface area contributed by atoms with Gasteiger partial charge in [-0.1, -0.05) is 13.0 Å². The monoisotopic (exact) mass is 162 g/mol. The van der Waals surface area contributed by atoms with Gasteiger partial charge in [0.1, 0.15) is 0 Å². The third kappa shape index (κ3) is 2.09. The maximum absolute atomic E-state index is 5.75. The minimum Gasteiger partial charge on any atom is -0.397 e. The minimum atomic E-state index is 0.750. The van der Waals surface area contributed by atoms with E-state index in [0.29, 0.717) is 0 Å². The lowest BCUT2D eigenvalue weighted by Gasteiger charge is -1.99. The molecule has 0 aliphatic rings. The Balaban J connectivity index is 2.94. The fourth-order valence-corrected chi connectivity index (χ4v) is 0.981. The maximum Gasteiger partial charge on any atom is 0.0855 e. The Morgan fingerprint density at radius 2 is 2.25 bits per heavy atom. The van der Waals surface area contributed by atoms with E-state index in [1.807, 2.05) is 38.3 Å². The molecule has 0 heterocycles. The summed E-state index contributed by atoms with van der Waals surface area (Å²) >= 11 is 0. The van der Waals surface area contributed by atoms with Crippen molar-refractivity contribution >= 4 is 17.6 Å². The molecule has 2 heteroatoms. The summed E-state index contributed by atoms with van der Waals surface area (Å²) in [5.41, 5.74) is 8.53. The molecule has 12 heavy (non-hydrogen) atoms. The number of anilines is 1. The summed E-state index contributed by atoms with van der Waals surface area (Å²) in [5, 5.41) is 0. The van der Waals surface area contributed by atoms with E-state index in [-0.39, 0.29) is 0 Å². The first-order valence-corrected chi connectivity index (χ1v) is 4.12. The first-order valence-electron chi connectivity index (χ1n) is 4.12. The van der Waals surface area contributed by atoms with Gasteiger partial charge in [0.25, 0.3) is 0 Å². The van der Waals surface area contributed by atoms with E-state index in [0.717, 1.165) is 17.8 Å². The molecule has 0 atom stereocenters. The summed E-state index contributed by atoms with van der Waals surface area (Å²) < 4.78 is 0. The number of rotatable bonds is 2. The van der Waals surface area contributed by atoms with Gasteiger partial charge in [-0.2, -0.15) is 0 Å². The van der Waals surface area contributed by atoms with Crippen LogP contribution in [0, 0.1) is 6.92 Å². The molecular formula is C10H14N2. The number of nitrogens with two attached hydrogens (primary N) is 1. The van der Waals surface area contributed by atoms with E-state index in [4.69, 9.17) is 5.73 Å². The molecule has 0 saturated heterocycles. The largest absolute Gasteiger partial charge is 0.397 e. The van der Waals surface area contributed by atoms with Crippen LogP contribution in [0.15, 0.2) is 23.2 Å². The molecule has 0 saturated carbocycles. The first kappa shape index (κ1) is 8.78. The number of hydrogen-bond donors (Lipinski definition) is 1. The van der Waals surface area contributed by atoms with Crippen LogP contribution in [0.4, 0.5) is 11.4 Å². The Bertz CT molecular complexity index is 290. The summed E-state index contributed by atoms with van der Waals surface area (Å²) in [7, 11) is 0. The van der Waals surface area contributed by atoms with Gasteiger partial charge < -0.3 is 5.73 Å². The molecule has 2 N–H and O–H groups in total. The zero-order chi connectivity index (χ0) is 8.97. The van der Waals surface area contributed by atoms with Crippen molar-refractivity contribution in [3.8, 4) is 0 Å². The molecule has 0 aliphatic carbocycles. The van der Waals surface area contributed by atoms with Gasteiger partial charge in [-0.05, 0) is 31.0 Å². The predicted molar refractivity (Wildman–Crippen MR) is 54.0 cm³/mol. The van der Waals surface area contributed by atoms with Crippen LogP contribution in [0.3, 0.4) is 0 Å². The molecule has 0 fully saturated rings. The molecule has 1 aromatic rings. The Kier molecular flexibility index (Phi) is 2.86. The van der Waals surface area contributed by atoms with E-state index in [1.54, 1.807) is 0 Å². The van der Waals surface area contributed by atoms with Crippen molar-refractivity contribution in [2.75, 3.05) is 5.73 Å². The highest BCUT2D eigenvalue weighted by molar-refractivity contribution is 5.71. The van der Waals surface area contributed by atoms with E-state index in [1.165, 1.54) is 5.56 Å². The van der Waals surface area contributed by atoms with Crippen molar-refractivity contribution in [3.63, 3.8) is 0 Å². The number of hydrogen-bond acceptors (Lipinski definition) is 2. The molecule has 0 spiro atoms. The normalized spacial score (nSPS) is 10.8. The summed E-state index contributed by atoms with van der Waals surface area (Å²) in [5.74, 6) is 0. The zero-order valence-electron chi connectivity index (χ0n) is 7.54. The molecule has 0 aliphatic heterocycles. The molecule has 0 amide bonds. The highest BCUT2D eigenvalue weighted by Gasteiger charge is 1.94. The molecule has 64 valence electrons. The molecular weight excluding hydrogens is 148 g/mol. The van der Waals surface area contributed by atoms with Crippen molar-refractivity contribution in [2.45, 2.75) is 20.3 Å². The minimum absolute atomic E-state index is 0.750. The van der Waals surface area contributed by atoms with Gasteiger partial charge in [0, 0.05) is 6.21 Å². The zero-order valence-corrected chi connectivity index (χ0v) is 7.54. The van der Waals surface area contributed by atoms with Crippen LogP contribution >= 0.6 is 0 Å². The molecule has 0 unspecified atom stereocenters. The Morgan fingerprint density at radius 1 is 1.50 bits per heavy atom. The summed E-state index contributed by atoms with van der Waals surface area (Å²) in [6.07, 6.45) is 2.80. The molecule has 0 bridgehead atoms. The van der Waals surface area contributed by atoms with E-state index in [9.17, 15) is 0 Å². The summed E-state index contributed by atoms with van der Waals surface area (Å²) in [6.45, 7) is 4.07. The summed E-state index contributed by atoms with van der Waals surface area (Å²) in [4.78, 5) is 4.22. The molecule has 0 radical (unpaired) electrons. The van der Waals surface area contributed by atoms with Crippen molar-refractivity contribution in [1.29, 1.82) is 0 Å². The van der Waals surface area contributed by atoms with Gasteiger partial charge >= 0.3 is 0 Å². The number of aryl methyl sites for hydroxylation is 1. The summed E-state index contributed by atoms with van der Waals surface area (Å²) in [6, 6.07) is 5.89. The van der Waals surface area contributed by atoms with Gasteiger partial charge in [-0.15, -0.1) is 0 Å². The number of nitrogens with zero attached hydrogens (tertiary/aromatic N) is 1. The van der Waals surface area contributed by atoms with Crippen LogP contribution in [0.5, 0.6) is 0 Å². The Morgan fingerprint density at radius 3 is 2.83 bits per heavy atom. The highest BCUT2D eigenvalue weighted by atomic mass is 14.8. The number of nitrogen functional groups attached to an aromatic ring is 1. The van der Waals surface area contributed by atoms with Gasteiger partial charge in [0.15, 0.2) is 0 Å². The standard InChI is InChI=1S/C10H14N2/c1-3-6-12-10-5-4-8(2)7-9(10)11/h4-7H,3,11H2,1-2H3. The third-order valence-electron chi connectivity index (χ3n) is 1.60. The third-order valence-corrected chi connectivity index (χ3v) is 1.60. The van der Waals surface area contributed by atoms with Crippen LogP contribution < -0.4 is 5.73 Å². The number of aliphatic imine (C=N–C) groups is 1. The average molecular weight is 162 g/mol. The topological polar surface area (TPSA) is 38.4 Å². The smallest absolute Gasteiger partial charge is 0.0855 e. The molecule has 1 aromatic carbocycles. The van der Waals surface area contributed by atoms with Crippen LogP contribution in [0.1, 0.15) is 18.9 Å². The van der Waals surface area contributed by atoms with Gasteiger partial charge in [0.2, 0.25) is 0 Å². The van der Waals surface area contributed by atoms with Crippen molar-refractivity contribution < 1.29 is 0 Å². The quantitative estimate of drug-likeness (QED) is 0.527. The van der Waals surface area contributed by atoms with Crippen molar-refractivity contribution in [1.82, 2.24) is 0 Å². The lowest BCUT2D eigenvalue weighted by Crippen LogP contribution is -1.86. The SMILES string of the molecule is CCC=Nc1ccc(C)cc1N. The predicted octanol–water partition coefficient (Wildman–Crippen LogP) is 2.69. The second-order valence-electron chi connectivity index (χ2n) is 2.78. The fraction of sp³-hybridized carbons (Fsp3) is 0.300. The van der Waals surface area contributed by atoms with E-state index < -0.39 is 0 Å². The Hall–Kier alpha value is -1.31. The lowest BCUT2D eigenvalue weighted by molar-refractivity contribution is 1.31. The second kappa shape index (κ2) is 3.90. The lowest BCUT2D eigenvalue weighted by atomic mass is 10.2. The van der Waals surface area contributed by atoms with Crippen LogP contribution in [0.25, 0.3) is 0 Å². The first-order chi connectivity index (χ1) is 5.74. The average Bonchev–Trinajstić information content (AvgIpc) is 2.03. The fourth-order valence-electron chi connectivity index (χ4n) is 0.981. The van der Waals surface area contributed by atoms with Gasteiger partial charge in [-0.3, -0.25) is 4.99 Å². The van der Waals surface area contributed by atoms with Crippen LogP contribution in [-0.2, 0) is 0 Å². The maximum atomic E-state index is 5.75. The van der Waals surface area contributed by atoms with Gasteiger partial charge in [-0.25, -0.2) is 0 Å². The molecule has 1 rings (SSSR count). The van der Waals surface area contributed by atoms with Crippen molar-refractivity contribution in [2.24, 2.45) is 4.99 Å². The van der Waals surface area contributed by atoms with E-state index >= 15 is 0 Å². The number of benzene rings is 1.